The molecule has 0 unspecified atom stereocenters. The Labute approximate surface area is 105 Å². The molecule has 0 radical (unpaired) electrons. The van der Waals surface area contributed by atoms with Crippen molar-refractivity contribution < 1.29 is 14.3 Å². The number of carbonyl (C=O) groups excluding carboxylic acids is 2. The molecule has 1 aromatic carbocycles. The molecule has 0 atom stereocenters. The zero-order valence-electron chi connectivity index (χ0n) is 9.86. The third kappa shape index (κ3) is 4.91. The molecule has 17 heavy (non-hydrogen) atoms. The zero-order chi connectivity index (χ0) is 12.7. The van der Waals surface area contributed by atoms with Crippen molar-refractivity contribution in [1.82, 2.24) is 5.32 Å². The predicted octanol–water partition coefficient (Wildman–Crippen LogP) is 1.59. The van der Waals surface area contributed by atoms with Crippen LogP contribution in [0.4, 0.5) is 0 Å². The van der Waals surface area contributed by atoms with E-state index in [4.69, 9.17) is 0 Å². The summed E-state index contributed by atoms with van der Waals surface area (Å²) in [6.45, 7) is 0.421. The van der Waals surface area contributed by atoms with Crippen molar-refractivity contribution in [3.63, 3.8) is 0 Å². The van der Waals surface area contributed by atoms with Gasteiger partial charge in [-0.15, -0.1) is 11.8 Å². The topological polar surface area (TPSA) is 55.4 Å². The number of esters is 1. The Morgan fingerprint density at radius 1 is 1.29 bits per heavy atom. The van der Waals surface area contributed by atoms with E-state index in [-0.39, 0.29) is 12.3 Å². The van der Waals surface area contributed by atoms with E-state index >= 15 is 0 Å². The minimum atomic E-state index is -0.528. The molecule has 1 amide bonds. The van der Waals surface area contributed by atoms with E-state index in [0.29, 0.717) is 6.54 Å². The number of amides is 1. The lowest BCUT2D eigenvalue weighted by Crippen LogP contribution is -2.25. The van der Waals surface area contributed by atoms with E-state index in [2.05, 4.69) is 10.1 Å². The minimum Gasteiger partial charge on any atom is -0.469 e. The van der Waals surface area contributed by atoms with Crippen molar-refractivity contribution in [3.8, 4) is 0 Å². The first-order valence-corrected chi connectivity index (χ1v) is 6.34. The number of rotatable bonds is 5. The zero-order valence-corrected chi connectivity index (χ0v) is 10.7. The maximum absolute atomic E-state index is 11.3. The fraction of sp³-hybridized carbons (Fsp3) is 0.333. The number of benzene rings is 1. The summed E-state index contributed by atoms with van der Waals surface area (Å²) < 4.78 is 4.40. The standard InChI is InChI=1S/C12H15NO3S/c1-16-12(15)7-11(14)13-8-9-3-5-10(17-2)6-4-9/h3-6H,7-8H2,1-2H3,(H,13,14). The van der Waals surface area contributed by atoms with Crippen molar-refractivity contribution in [2.24, 2.45) is 0 Å². The van der Waals surface area contributed by atoms with Crippen molar-refractivity contribution in [2.75, 3.05) is 13.4 Å². The maximum Gasteiger partial charge on any atom is 0.315 e. The largest absolute Gasteiger partial charge is 0.469 e. The summed E-state index contributed by atoms with van der Waals surface area (Å²) in [4.78, 5) is 23.3. The molecule has 0 aromatic heterocycles. The Morgan fingerprint density at radius 3 is 2.47 bits per heavy atom. The summed E-state index contributed by atoms with van der Waals surface area (Å²) in [5, 5.41) is 2.66. The Bertz CT molecular complexity index is 389. The van der Waals surface area contributed by atoms with Gasteiger partial charge in [0.2, 0.25) is 5.91 Å². The molecule has 0 fully saturated rings. The smallest absolute Gasteiger partial charge is 0.315 e. The first-order chi connectivity index (χ1) is 8.15. The highest BCUT2D eigenvalue weighted by atomic mass is 32.2. The third-order valence-corrected chi connectivity index (χ3v) is 2.92. The lowest BCUT2D eigenvalue weighted by atomic mass is 10.2. The average Bonchev–Trinajstić information content (AvgIpc) is 2.36. The summed E-state index contributed by atoms with van der Waals surface area (Å²) in [7, 11) is 1.26. The molecule has 1 N–H and O–H groups in total. The van der Waals surface area contributed by atoms with Crippen LogP contribution in [0.5, 0.6) is 0 Å². The molecule has 0 aliphatic rings. The van der Waals surface area contributed by atoms with Crippen molar-refractivity contribution in [2.45, 2.75) is 17.9 Å². The molecule has 0 bridgehead atoms. The van der Waals surface area contributed by atoms with Gasteiger partial charge in [0.15, 0.2) is 0 Å². The summed E-state index contributed by atoms with van der Waals surface area (Å²) in [5.41, 5.74) is 1.00. The number of hydrogen-bond acceptors (Lipinski definition) is 4. The van der Waals surface area contributed by atoms with Gasteiger partial charge in [0.1, 0.15) is 6.42 Å². The van der Waals surface area contributed by atoms with Crippen LogP contribution in [-0.2, 0) is 20.9 Å². The highest BCUT2D eigenvalue weighted by molar-refractivity contribution is 7.98. The molecular formula is C12H15NO3S. The first-order valence-electron chi connectivity index (χ1n) is 5.12. The summed E-state index contributed by atoms with van der Waals surface area (Å²) >= 11 is 1.66. The van der Waals surface area contributed by atoms with E-state index in [1.165, 1.54) is 12.0 Å². The first kappa shape index (κ1) is 13.6. The Balaban J connectivity index is 2.39. The van der Waals surface area contributed by atoms with Crippen molar-refractivity contribution in [1.29, 1.82) is 0 Å². The molecule has 1 aromatic rings. The van der Waals surface area contributed by atoms with Crippen LogP contribution in [0, 0.1) is 0 Å². The molecule has 1 rings (SSSR count). The van der Waals surface area contributed by atoms with Crippen molar-refractivity contribution in [3.05, 3.63) is 29.8 Å². The molecule has 5 heteroatoms. The van der Waals surface area contributed by atoms with Crippen molar-refractivity contribution >= 4 is 23.6 Å². The van der Waals surface area contributed by atoms with E-state index in [9.17, 15) is 9.59 Å². The highest BCUT2D eigenvalue weighted by Crippen LogP contribution is 2.14. The second kappa shape index (κ2) is 6.96. The van der Waals surface area contributed by atoms with Crippen LogP contribution < -0.4 is 5.32 Å². The van der Waals surface area contributed by atoms with E-state index in [1.807, 2.05) is 30.5 Å². The van der Waals surface area contributed by atoms with Gasteiger partial charge in [0.05, 0.1) is 7.11 Å². The molecule has 0 aliphatic heterocycles. The minimum absolute atomic E-state index is 0.237. The molecule has 4 nitrogen and oxygen atoms in total. The van der Waals surface area contributed by atoms with Gasteiger partial charge in [-0.2, -0.15) is 0 Å². The van der Waals surface area contributed by atoms with Crippen LogP contribution in [0.3, 0.4) is 0 Å². The normalized spacial score (nSPS) is 9.76. The van der Waals surface area contributed by atoms with Gasteiger partial charge in [-0.1, -0.05) is 12.1 Å². The Morgan fingerprint density at radius 2 is 1.94 bits per heavy atom. The molecular weight excluding hydrogens is 238 g/mol. The highest BCUT2D eigenvalue weighted by Gasteiger charge is 2.08. The lowest BCUT2D eigenvalue weighted by molar-refractivity contribution is -0.143. The molecule has 0 spiro atoms. The molecule has 0 saturated carbocycles. The van der Waals surface area contributed by atoms with Crippen LogP contribution in [0.15, 0.2) is 29.2 Å². The lowest BCUT2D eigenvalue weighted by Gasteiger charge is -2.05. The van der Waals surface area contributed by atoms with Crippen LogP contribution in [-0.4, -0.2) is 25.2 Å². The second-order valence-electron chi connectivity index (χ2n) is 3.38. The second-order valence-corrected chi connectivity index (χ2v) is 4.26. The van der Waals surface area contributed by atoms with E-state index < -0.39 is 5.97 Å². The Hall–Kier alpha value is -1.49. The summed E-state index contributed by atoms with van der Waals surface area (Å²) in [6, 6.07) is 7.88. The summed E-state index contributed by atoms with van der Waals surface area (Å²) in [6.07, 6.45) is 1.77. The van der Waals surface area contributed by atoms with Gasteiger partial charge >= 0.3 is 5.97 Å². The Kier molecular flexibility index (Phi) is 5.56. The van der Waals surface area contributed by atoms with E-state index in [0.717, 1.165) is 5.56 Å². The number of hydrogen-bond donors (Lipinski definition) is 1. The van der Waals surface area contributed by atoms with Crippen LogP contribution in [0.2, 0.25) is 0 Å². The van der Waals surface area contributed by atoms with Gasteiger partial charge in [-0.25, -0.2) is 0 Å². The van der Waals surface area contributed by atoms with Gasteiger partial charge in [-0.05, 0) is 24.0 Å². The molecule has 0 heterocycles. The number of ether oxygens (including phenoxy) is 1. The quantitative estimate of drug-likeness (QED) is 0.492. The molecule has 0 saturated heterocycles. The molecule has 0 aliphatic carbocycles. The SMILES string of the molecule is COC(=O)CC(=O)NCc1ccc(SC)cc1. The maximum atomic E-state index is 11.3. The average molecular weight is 253 g/mol. The van der Waals surface area contributed by atoms with Gasteiger partial charge in [0.25, 0.3) is 0 Å². The number of carbonyl (C=O) groups is 2. The number of thioether (sulfide) groups is 1. The molecule has 92 valence electrons. The van der Waals surface area contributed by atoms with Crippen LogP contribution in [0.25, 0.3) is 0 Å². The number of methoxy groups -OCH3 is 1. The van der Waals surface area contributed by atoms with Crippen LogP contribution in [0.1, 0.15) is 12.0 Å². The van der Waals surface area contributed by atoms with Crippen LogP contribution >= 0.6 is 11.8 Å². The fourth-order valence-corrected chi connectivity index (χ4v) is 1.62. The van der Waals surface area contributed by atoms with E-state index in [1.54, 1.807) is 11.8 Å². The monoisotopic (exact) mass is 253 g/mol. The van der Waals surface area contributed by atoms with Gasteiger partial charge in [0, 0.05) is 11.4 Å². The van der Waals surface area contributed by atoms with Gasteiger partial charge in [-0.3, -0.25) is 9.59 Å². The predicted molar refractivity (Wildman–Crippen MR) is 66.7 cm³/mol. The number of nitrogens with one attached hydrogen (secondary N) is 1. The summed E-state index contributed by atoms with van der Waals surface area (Å²) in [5.74, 6) is -0.856. The van der Waals surface area contributed by atoms with Gasteiger partial charge < -0.3 is 10.1 Å². The third-order valence-electron chi connectivity index (χ3n) is 2.18. The fourth-order valence-electron chi connectivity index (χ4n) is 1.21.